The van der Waals surface area contributed by atoms with Gasteiger partial charge in [-0.15, -0.1) is 0 Å². The monoisotopic (exact) mass is 319 g/mol. The van der Waals surface area contributed by atoms with E-state index < -0.39 is 0 Å². The number of amides is 1. The van der Waals surface area contributed by atoms with Gasteiger partial charge in [0.15, 0.2) is 11.5 Å². The summed E-state index contributed by atoms with van der Waals surface area (Å²) < 4.78 is 11.0. The van der Waals surface area contributed by atoms with Crippen molar-refractivity contribution in [1.29, 1.82) is 0 Å². The molecule has 128 valence electrons. The summed E-state index contributed by atoms with van der Waals surface area (Å²) in [5.41, 5.74) is 1.07. The van der Waals surface area contributed by atoms with Crippen molar-refractivity contribution >= 4 is 5.91 Å². The first-order chi connectivity index (χ1) is 10.9. The van der Waals surface area contributed by atoms with Crippen LogP contribution in [0.4, 0.5) is 0 Å². The molecule has 1 aromatic carbocycles. The first-order valence-corrected chi connectivity index (χ1v) is 8.50. The number of methoxy groups -OCH3 is 1. The summed E-state index contributed by atoms with van der Waals surface area (Å²) >= 11 is 0. The van der Waals surface area contributed by atoms with Gasteiger partial charge >= 0.3 is 0 Å². The topological polar surface area (TPSA) is 47.6 Å². The van der Waals surface area contributed by atoms with E-state index in [4.69, 9.17) is 9.47 Å². The lowest BCUT2D eigenvalue weighted by Gasteiger charge is -2.37. The third-order valence-electron chi connectivity index (χ3n) is 4.72. The molecule has 0 aliphatic heterocycles. The molecular formula is C19H29NO3. The fraction of sp³-hybridized carbons (Fsp3) is 0.632. The maximum Gasteiger partial charge on any atom is 0.223 e. The van der Waals surface area contributed by atoms with Crippen molar-refractivity contribution in [2.75, 3.05) is 13.7 Å². The van der Waals surface area contributed by atoms with E-state index in [1.165, 1.54) is 12.8 Å². The van der Waals surface area contributed by atoms with E-state index >= 15 is 0 Å². The molecule has 1 aliphatic carbocycles. The van der Waals surface area contributed by atoms with Gasteiger partial charge in [0, 0.05) is 5.54 Å². The van der Waals surface area contributed by atoms with Crippen LogP contribution in [-0.2, 0) is 4.79 Å². The number of aryl methyl sites for hydroxylation is 1. The summed E-state index contributed by atoms with van der Waals surface area (Å²) in [5.74, 6) is 2.23. The molecule has 0 unspecified atom stereocenters. The van der Waals surface area contributed by atoms with Gasteiger partial charge in [-0.05, 0) is 63.1 Å². The zero-order chi connectivity index (χ0) is 16.9. The summed E-state index contributed by atoms with van der Waals surface area (Å²) in [6, 6.07) is 5.79. The van der Waals surface area contributed by atoms with Crippen LogP contribution in [0.2, 0.25) is 0 Å². The Bertz CT molecular complexity index is 533. The fourth-order valence-electron chi connectivity index (χ4n) is 3.07. The average Bonchev–Trinajstić information content (AvgIpc) is 2.51. The molecular weight excluding hydrogens is 290 g/mol. The Labute approximate surface area is 139 Å². The van der Waals surface area contributed by atoms with Crippen LogP contribution in [0.25, 0.3) is 0 Å². The molecule has 4 heteroatoms. The van der Waals surface area contributed by atoms with E-state index in [1.54, 1.807) is 7.11 Å². The maximum atomic E-state index is 12.2. The molecule has 0 spiro atoms. The molecule has 0 bridgehead atoms. The predicted octanol–water partition coefficient (Wildman–Crippen LogP) is 3.86. The standard InChI is InChI=1S/C19H29NO3/c1-14-7-10-19(3,11-8-14)20-18(21)9-12-23-16-6-5-15(2)13-17(16)22-4/h5-6,13-14H,7-12H2,1-4H3,(H,20,21). The Kier molecular flexibility index (Phi) is 5.91. The smallest absolute Gasteiger partial charge is 0.223 e. The van der Waals surface area contributed by atoms with Gasteiger partial charge in [0.05, 0.1) is 20.1 Å². The highest BCUT2D eigenvalue weighted by Crippen LogP contribution is 2.31. The number of hydrogen-bond acceptors (Lipinski definition) is 3. The van der Waals surface area contributed by atoms with Crippen LogP contribution >= 0.6 is 0 Å². The summed E-state index contributed by atoms with van der Waals surface area (Å²) in [7, 11) is 1.62. The molecule has 1 aliphatic rings. The Morgan fingerprint density at radius 3 is 2.65 bits per heavy atom. The van der Waals surface area contributed by atoms with E-state index in [-0.39, 0.29) is 11.4 Å². The minimum Gasteiger partial charge on any atom is -0.493 e. The highest BCUT2D eigenvalue weighted by atomic mass is 16.5. The van der Waals surface area contributed by atoms with E-state index in [1.807, 2.05) is 25.1 Å². The number of ether oxygens (including phenoxy) is 2. The van der Waals surface area contributed by atoms with Crippen molar-refractivity contribution in [3.63, 3.8) is 0 Å². The minimum absolute atomic E-state index is 0.0505. The van der Waals surface area contributed by atoms with Crippen molar-refractivity contribution in [1.82, 2.24) is 5.32 Å². The molecule has 1 saturated carbocycles. The van der Waals surface area contributed by atoms with Crippen molar-refractivity contribution in [2.45, 2.75) is 58.4 Å². The van der Waals surface area contributed by atoms with Crippen LogP contribution in [0.1, 0.15) is 51.5 Å². The zero-order valence-electron chi connectivity index (χ0n) is 14.8. The van der Waals surface area contributed by atoms with Crippen LogP contribution in [0, 0.1) is 12.8 Å². The predicted molar refractivity (Wildman–Crippen MR) is 92.0 cm³/mol. The van der Waals surface area contributed by atoms with E-state index in [2.05, 4.69) is 19.2 Å². The molecule has 1 fully saturated rings. The summed E-state index contributed by atoms with van der Waals surface area (Å²) in [6.45, 7) is 6.80. The van der Waals surface area contributed by atoms with Crippen molar-refractivity contribution in [3.05, 3.63) is 23.8 Å². The molecule has 4 nitrogen and oxygen atoms in total. The second kappa shape index (κ2) is 7.71. The lowest BCUT2D eigenvalue weighted by Crippen LogP contribution is -2.48. The van der Waals surface area contributed by atoms with E-state index in [9.17, 15) is 4.79 Å². The van der Waals surface area contributed by atoms with E-state index in [0.717, 1.165) is 24.3 Å². The lowest BCUT2D eigenvalue weighted by atomic mass is 9.78. The zero-order valence-corrected chi connectivity index (χ0v) is 14.8. The Balaban J connectivity index is 1.79. The quantitative estimate of drug-likeness (QED) is 0.866. The third-order valence-corrected chi connectivity index (χ3v) is 4.72. The van der Waals surface area contributed by atoms with Gasteiger partial charge in [-0.3, -0.25) is 4.79 Å². The van der Waals surface area contributed by atoms with Crippen LogP contribution < -0.4 is 14.8 Å². The van der Waals surface area contributed by atoms with E-state index in [0.29, 0.717) is 24.5 Å². The third kappa shape index (κ3) is 5.15. The normalized spacial score (nSPS) is 24.1. The second-order valence-corrected chi connectivity index (χ2v) is 7.04. The highest BCUT2D eigenvalue weighted by Gasteiger charge is 2.30. The molecule has 0 aromatic heterocycles. The lowest BCUT2D eigenvalue weighted by molar-refractivity contribution is -0.123. The molecule has 1 aromatic rings. The van der Waals surface area contributed by atoms with Gasteiger partial charge in [-0.2, -0.15) is 0 Å². The molecule has 0 saturated heterocycles. The minimum atomic E-state index is -0.0505. The Morgan fingerprint density at radius 2 is 2.00 bits per heavy atom. The van der Waals surface area contributed by atoms with Crippen molar-refractivity contribution in [2.24, 2.45) is 5.92 Å². The number of rotatable bonds is 6. The number of benzene rings is 1. The van der Waals surface area contributed by atoms with Gasteiger partial charge in [0.1, 0.15) is 0 Å². The number of carbonyl (C=O) groups is 1. The van der Waals surface area contributed by atoms with Gasteiger partial charge in [0.25, 0.3) is 0 Å². The van der Waals surface area contributed by atoms with Gasteiger partial charge in [-0.1, -0.05) is 13.0 Å². The van der Waals surface area contributed by atoms with Gasteiger partial charge in [0.2, 0.25) is 5.91 Å². The molecule has 0 heterocycles. The molecule has 2 rings (SSSR count). The van der Waals surface area contributed by atoms with Crippen LogP contribution in [-0.4, -0.2) is 25.2 Å². The first-order valence-electron chi connectivity index (χ1n) is 8.50. The number of nitrogens with one attached hydrogen (secondary N) is 1. The van der Waals surface area contributed by atoms with Crippen LogP contribution in [0.3, 0.4) is 0 Å². The maximum absolute atomic E-state index is 12.2. The summed E-state index contributed by atoms with van der Waals surface area (Å²) in [4.78, 5) is 12.2. The average molecular weight is 319 g/mol. The number of carbonyl (C=O) groups excluding carboxylic acids is 1. The molecule has 0 atom stereocenters. The van der Waals surface area contributed by atoms with Gasteiger partial charge in [-0.25, -0.2) is 0 Å². The number of hydrogen-bond donors (Lipinski definition) is 1. The molecule has 1 N–H and O–H groups in total. The van der Waals surface area contributed by atoms with Crippen LogP contribution in [0.5, 0.6) is 11.5 Å². The first kappa shape index (κ1) is 17.6. The van der Waals surface area contributed by atoms with Crippen molar-refractivity contribution < 1.29 is 14.3 Å². The summed E-state index contributed by atoms with van der Waals surface area (Å²) in [6.07, 6.45) is 4.86. The molecule has 1 amide bonds. The molecule has 23 heavy (non-hydrogen) atoms. The SMILES string of the molecule is COc1cc(C)ccc1OCCC(=O)NC1(C)CCC(C)CC1. The van der Waals surface area contributed by atoms with Crippen molar-refractivity contribution in [3.8, 4) is 11.5 Å². The molecule has 0 radical (unpaired) electrons. The second-order valence-electron chi connectivity index (χ2n) is 7.04. The fourth-order valence-corrected chi connectivity index (χ4v) is 3.07. The summed E-state index contributed by atoms with van der Waals surface area (Å²) in [5, 5.41) is 3.19. The largest absolute Gasteiger partial charge is 0.493 e. The Hall–Kier alpha value is -1.71. The Morgan fingerprint density at radius 1 is 1.30 bits per heavy atom. The highest BCUT2D eigenvalue weighted by molar-refractivity contribution is 5.76. The van der Waals surface area contributed by atoms with Gasteiger partial charge < -0.3 is 14.8 Å². The van der Waals surface area contributed by atoms with Crippen LogP contribution in [0.15, 0.2) is 18.2 Å².